The third-order valence-electron chi connectivity index (χ3n) is 10.00. The number of fused-ring (bicyclic) bond motifs is 3. The van der Waals surface area contributed by atoms with Gasteiger partial charge in [0.2, 0.25) is 0 Å². The average Bonchev–Trinajstić information content (AvgIpc) is 3.53. The van der Waals surface area contributed by atoms with E-state index in [-0.39, 0.29) is 11.7 Å². The maximum Gasteiger partial charge on any atom is 0.123 e. The van der Waals surface area contributed by atoms with Crippen molar-refractivity contribution in [1.82, 2.24) is 4.57 Å². The molecular formula is C49H34FN. The first-order valence-corrected chi connectivity index (χ1v) is 17.4. The summed E-state index contributed by atoms with van der Waals surface area (Å²) in [6.45, 7) is 0. The third kappa shape index (κ3) is 5.81. The molecule has 1 aromatic heterocycles. The van der Waals surface area contributed by atoms with Crippen LogP contribution in [0.5, 0.6) is 0 Å². The van der Waals surface area contributed by atoms with Crippen LogP contribution >= 0.6 is 0 Å². The van der Waals surface area contributed by atoms with Gasteiger partial charge in [0.15, 0.2) is 0 Å². The average molecular weight is 656 g/mol. The van der Waals surface area contributed by atoms with Crippen LogP contribution in [0.15, 0.2) is 200 Å². The number of para-hydroxylation sites is 1. The van der Waals surface area contributed by atoms with Crippen LogP contribution in [0.1, 0.15) is 22.6 Å². The minimum atomic E-state index is -0.223. The van der Waals surface area contributed by atoms with Crippen molar-refractivity contribution in [2.45, 2.75) is 5.92 Å². The smallest absolute Gasteiger partial charge is 0.123 e. The molecule has 0 aliphatic heterocycles. The lowest BCUT2D eigenvalue weighted by Crippen LogP contribution is -2.03. The van der Waals surface area contributed by atoms with Gasteiger partial charge in [0.1, 0.15) is 5.82 Å². The first kappa shape index (κ1) is 30.5. The molecule has 0 bridgehead atoms. The molecule has 0 spiro atoms. The molecule has 242 valence electrons. The maximum atomic E-state index is 13.8. The Morgan fingerprint density at radius 1 is 0.333 bits per heavy atom. The zero-order valence-corrected chi connectivity index (χ0v) is 28.0. The Bertz CT molecular complexity index is 2600. The van der Waals surface area contributed by atoms with Gasteiger partial charge in [-0.3, -0.25) is 0 Å². The predicted octanol–water partition coefficient (Wildman–Crippen LogP) is 13.1. The molecule has 8 aromatic carbocycles. The molecule has 0 N–H and O–H groups in total. The monoisotopic (exact) mass is 655 g/mol. The Morgan fingerprint density at radius 3 is 1.35 bits per heavy atom. The second-order valence-corrected chi connectivity index (χ2v) is 13.1. The van der Waals surface area contributed by atoms with E-state index in [1.54, 1.807) is 12.1 Å². The van der Waals surface area contributed by atoms with Crippen LogP contribution in [-0.4, -0.2) is 4.57 Å². The summed E-state index contributed by atoms with van der Waals surface area (Å²) in [5.41, 5.74) is 14.0. The Morgan fingerprint density at radius 2 is 0.745 bits per heavy atom. The summed E-state index contributed by atoms with van der Waals surface area (Å²) in [7, 11) is 0. The highest BCUT2D eigenvalue weighted by Crippen LogP contribution is 2.38. The number of halogens is 1. The van der Waals surface area contributed by atoms with Crippen LogP contribution < -0.4 is 0 Å². The number of benzene rings is 8. The number of hydrogen-bond acceptors (Lipinski definition) is 0. The van der Waals surface area contributed by atoms with Gasteiger partial charge in [-0.15, -0.1) is 0 Å². The fraction of sp³-hybridized carbons (Fsp3) is 0.0204. The maximum absolute atomic E-state index is 13.8. The van der Waals surface area contributed by atoms with E-state index < -0.39 is 0 Å². The van der Waals surface area contributed by atoms with Gasteiger partial charge in [0.25, 0.3) is 0 Å². The van der Waals surface area contributed by atoms with E-state index in [0.717, 1.165) is 22.4 Å². The zero-order chi connectivity index (χ0) is 34.1. The molecule has 1 unspecified atom stereocenters. The van der Waals surface area contributed by atoms with E-state index in [1.807, 2.05) is 18.2 Å². The van der Waals surface area contributed by atoms with Gasteiger partial charge in [-0.05, 0) is 105 Å². The number of rotatable bonds is 7. The highest BCUT2D eigenvalue weighted by molar-refractivity contribution is 6.11. The van der Waals surface area contributed by atoms with Crippen molar-refractivity contribution in [2.24, 2.45) is 0 Å². The summed E-state index contributed by atoms with van der Waals surface area (Å²) in [5.74, 6) is -0.210. The minimum Gasteiger partial charge on any atom is -0.309 e. The van der Waals surface area contributed by atoms with Crippen LogP contribution in [-0.2, 0) is 0 Å². The molecule has 2 heteroatoms. The minimum absolute atomic E-state index is 0.0133. The molecule has 1 heterocycles. The molecule has 9 rings (SSSR count). The van der Waals surface area contributed by atoms with E-state index in [1.165, 1.54) is 55.2 Å². The molecule has 1 atom stereocenters. The standard InChI is InChI=1S/C49H34FN/c50-43-27-23-38(24-28-43)49(36-13-6-2-7-14-36)37-21-19-35(20-22-37)39-15-10-16-40(31-39)42-26-30-48-46(33-42)45-32-41(34-11-4-1-5-12-34)25-29-47(45)51(48)44-17-8-3-9-18-44/h1-33,49H. The van der Waals surface area contributed by atoms with Crippen LogP contribution in [0.25, 0.3) is 60.9 Å². The Balaban J connectivity index is 1.11. The van der Waals surface area contributed by atoms with E-state index in [2.05, 4.69) is 174 Å². The molecule has 0 aliphatic carbocycles. The quantitative estimate of drug-likeness (QED) is 0.151. The Kier molecular flexibility index (Phi) is 7.83. The lowest BCUT2D eigenvalue weighted by atomic mass is 9.84. The second kappa shape index (κ2) is 13.1. The van der Waals surface area contributed by atoms with Gasteiger partial charge < -0.3 is 4.57 Å². The van der Waals surface area contributed by atoms with Gasteiger partial charge in [-0.1, -0.05) is 146 Å². The van der Waals surface area contributed by atoms with E-state index in [9.17, 15) is 4.39 Å². The molecule has 0 fully saturated rings. The Hall–Kier alpha value is -6.51. The van der Waals surface area contributed by atoms with Crippen LogP contribution in [0.2, 0.25) is 0 Å². The normalized spacial score (nSPS) is 11.9. The largest absolute Gasteiger partial charge is 0.309 e. The predicted molar refractivity (Wildman–Crippen MR) is 211 cm³/mol. The summed E-state index contributed by atoms with van der Waals surface area (Å²) in [4.78, 5) is 0. The first-order chi connectivity index (χ1) is 25.2. The molecule has 0 aliphatic rings. The van der Waals surface area contributed by atoms with Crippen LogP contribution in [0, 0.1) is 5.82 Å². The molecule has 1 nitrogen and oxygen atoms in total. The number of hydrogen-bond donors (Lipinski definition) is 0. The summed E-state index contributed by atoms with van der Waals surface area (Å²) < 4.78 is 16.2. The van der Waals surface area contributed by atoms with Gasteiger partial charge in [0.05, 0.1) is 11.0 Å². The van der Waals surface area contributed by atoms with Gasteiger partial charge in [-0.25, -0.2) is 4.39 Å². The highest BCUT2D eigenvalue weighted by Gasteiger charge is 2.18. The summed E-state index contributed by atoms with van der Waals surface area (Å²) in [6.07, 6.45) is 0. The van der Waals surface area contributed by atoms with Crippen molar-refractivity contribution < 1.29 is 4.39 Å². The van der Waals surface area contributed by atoms with Crippen molar-refractivity contribution in [3.63, 3.8) is 0 Å². The van der Waals surface area contributed by atoms with Gasteiger partial charge in [0, 0.05) is 22.4 Å². The fourth-order valence-electron chi connectivity index (χ4n) is 7.49. The van der Waals surface area contributed by atoms with E-state index >= 15 is 0 Å². The molecule has 51 heavy (non-hydrogen) atoms. The lowest BCUT2D eigenvalue weighted by molar-refractivity contribution is 0.627. The zero-order valence-electron chi connectivity index (χ0n) is 28.0. The molecule has 0 amide bonds. The lowest BCUT2D eigenvalue weighted by Gasteiger charge is -2.19. The SMILES string of the molecule is Fc1ccc(C(c2ccccc2)c2ccc(-c3cccc(-c4ccc5c(c4)c4cc(-c6ccccc6)ccc4n5-c4ccccc4)c3)cc2)cc1. The molecular weight excluding hydrogens is 622 g/mol. The summed E-state index contributed by atoms with van der Waals surface area (Å²) >= 11 is 0. The highest BCUT2D eigenvalue weighted by atomic mass is 19.1. The number of aromatic nitrogens is 1. The molecule has 9 aromatic rings. The van der Waals surface area contributed by atoms with Crippen molar-refractivity contribution in [3.8, 4) is 39.1 Å². The topological polar surface area (TPSA) is 4.93 Å². The molecule has 0 radical (unpaired) electrons. The first-order valence-electron chi connectivity index (χ1n) is 17.4. The van der Waals surface area contributed by atoms with Gasteiger partial charge >= 0.3 is 0 Å². The summed E-state index contributed by atoms with van der Waals surface area (Å²) in [5, 5.41) is 2.46. The summed E-state index contributed by atoms with van der Waals surface area (Å²) in [6, 6.07) is 69.8. The van der Waals surface area contributed by atoms with E-state index in [4.69, 9.17) is 0 Å². The van der Waals surface area contributed by atoms with Crippen molar-refractivity contribution in [1.29, 1.82) is 0 Å². The fourth-order valence-corrected chi connectivity index (χ4v) is 7.49. The number of nitrogens with zero attached hydrogens (tertiary/aromatic N) is 1. The third-order valence-corrected chi connectivity index (χ3v) is 10.00. The molecule has 0 saturated heterocycles. The second-order valence-electron chi connectivity index (χ2n) is 13.1. The van der Waals surface area contributed by atoms with Gasteiger partial charge in [-0.2, -0.15) is 0 Å². The van der Waals surface area contributed by atoms with Crippen molar-refractivity contribution in [3.05, 3.63) is 223 Å². The van der Waals surface area contributed by atoms with Crippen molar-refractivity contribution >= 4 is 21.8 Å². The van der Waals surface area contributed by atoms with E-state index in [0.29, 0.717) is 0 Å². The van der Waals surface area contributed by atoms with Crippen LogP contribution in [0.3, 0.4) is 0 Å². The molecule has 0 saturated carbocycles. The van der Waals surface area contributed by atoms with Crippen molar-refractivity contribution in [2.75, 3.05) is 0 Å². The van der Waals surface area contributed by atoms with Crippen LogP contribution in [0.4, 0.5) is 4.39 Å². The Labute approximate surface area is 297 Å².